The van der Waals surface area contributed by atoms with Gasteiger partial charge in [-0.05, 0) is 12.1 Å². The second kappa shape index (κ2) is 4.37. The van der Waals surface area contributed by atoms with Gasteiger partial charge in [0.1, 0.15) is 11.6 Å². The third-order valence-electron chi connectivity index (χ3n) is 2.14. The molecule has 0 aliphatic rings. The van der Waals surface area contributed by atoms with Gasteiger partial charge in [0.2, 0.25) is 0 Å². The number of benzene rings is 1. The second-order valence-corrected chi connectivity index (χ2v) is 5.93. The van der Waals surface area contributed by atoms with Crippen molar-refractivity contribution in [3.05, 3.63) is 29.8 Å². The van der Waals surface area contributed by atoms with Crippen molar-refractivity contribution in [1.82, 2.24) is 10.1 Å². The number of hydrogen-bond donors (Lipinski definition) is 1. The molecule has 0 saturated heterocycles. The van der Waals surface area contributed by atoms with Crippen molar-refractivity contribution in [2.45, 2.75) is 5.75 Å². The Balaban J connectivity index is 2.38. The molecule has 6 nitrogen and oxygen atoms in total. The van der Waals surface area contributed by atoms with Gasteiger partial charge in [0.05, 0.1) is 11.3 Å². The number of para-hydroxylation sites is 1. The third-order valence-corrected chi connectivity index (χ3v) is 2.93. The molecule has 0 amide bonds. The molecule has 1 heterocycles. The van der Waals surface area contributed by atoms with Crippen LogP contribution in [0.15, 0.2) is 22.7 Å². The lowest BCUT2D eigenvalue weighted by atomic mass is 10.2. The van der Waals surface area contributed by atoms with Crippen molar-refractivity contribution in [1.29, 1.82) is 0 Å². The number of nitrogens with zero attached hydrogens (tertiary/aromatic N) is 2. The summed E-state index contributed by atoms with van der Waals surface area (Å²) in [5.41, 5.74) is 5.65. The molecule has 0 radical (unpaired) electrons. The Kier molecular flexibility index (Phi) is 3.04. The van der Waals surface area contributed by atoms with E-state index in [0.29, 0.717) is 0 Å². The molecule has 0 unspecified atom stereocenters. The van der Waals surface area contributed by atoms with Crippen molar-refractivity contribution >= 4 is 15.5 Å². The van der Waals surface area contributed by atoms with Gasteiger partial charge < -0.3 is 10.3 Å². The van der Waals surface area contributed by atoms with E-state index in [9.17, 15) is 12.8 Å². The number of nitrogen functional groups attached to an aromatic ring is 1. The van der Waals surface area contributed by atoms with E-state index < -0.39 is 15.7 Å². The lowest BCUT2D eigenvalue weighted by Crippen LogP contribution is -2.02. The summed E-state index contributed by atoms with van der Waals surface area (Å²) in [7, 11) is -3.25. The minimum absolute atomic E-state index is 0.00866. The number of sulfone groups is 1. The van der Waals surface area contributed by atoms with Crippen molar-refractivity contribution in [3.8, 4) is 11.5 Å². The summed E-state index contributed by atoms with van der Waals surface area (Å²) in [6.07, 6.45) is 1.06. The molecule has 0 aliphatic carbocycles. The Morgan fingerprint density at radius 2 is 2.17 bits per heavy atom. The molecule has 0 aliphatic heterocycles. The van der Waals surface area contributed by atoms with Gasteiger partial charge in [-0.15, -0.1) is 0 Å². The zero-order valence-corrected chi connectivity index (χ0v) is 10.2. The van der Waals surface area contributed by atoms with Gasteiger partial charge in [0.25, 0.3) is 5.89 Å². The van der Waals surface area contributed by atoms with Crippen LogP contribution in [-0.4, -0.2) is 24.8 Å². The van der Waals surface area contributed by atoms with E-state index in [-0.39, 0.29) is 28.7 Å². The van der Waals surface area contributed by atoms with Gasteiger partial charge in [0, 0.05) is 6.26 Å². The Bertz CT molecular complexity index is 681. The molecule has 1 aromatic carbocycles. The average Bonchev–Trinajstić information content (AvgIpc) is 2.68. The number of rotatable bonds is 3. The summed E-state index contributed by atoms with van der Waals surface area (Å²) >= 11 is 0. The number of aromatic nitrogens is 2. The maximum Gasteiger partial charge on any atom is 0.260 e. The molecular weight excluding hydrogens is 261 g/mol. The summed E-state index contributed by atoms with van der Waals surface area (Å²) < 4.78 is 40.2. The molecule has 0 saturated carbocycles. The van der Waals surface area contributed by atoms with Crippen molar-refractivity contribution < 1.29 is 17.3 Å². The van der Waals surface area contributed by atoms with Crippen molar-refractivity contribution in [3.63, 3.8) is 0 Å². The topological polar surface area (TPSA) is 99.1 Å². The maximum atomic E-state index is 13.2. The van der Waals surface area contributed by atoms with Crippen LogP contribution in [0.1, 0.15) is 5.82 Å². The first kappa shape index (κ1) is 12.5. The Morgan fingerprint density at radius 3 is 2.83 bits per heavy atom. The number of halogens is 1. The van der Waals surface area contributed by atoms with E-state index >= 15 is 0 Å². The number of anilines is 1. The molecule has 0 spiro atoms. The van der Waals surface area contributed by atoms with E-state index in [0.717, 1.165) is 6.26 Å². The highest BCUT2D eigenvalue weighted by atomic mass is 32.2. The van der Waals surface area contributed by atoms with Crippen LogP contribution in [0.2, 0.25) is 0 Å². The smallest absolute Gasteiger partial charge is 0.260 e. The van der Waals surface area contributed by atoms with Crippen LogP contribution in [0.3, 0.4) is 0 Å². The summed E-state index contributed by atoms with van der Waals surface area (Å²) in [4.78, 5) is 3.86. The first-order chi connectivity index (χ1) is 8.37. The quantitative estimate of drug-likeness (QED) is 0.836. The lowest BCUT2D eigenvalue weighted by Gasteiger charge is -2.00. The normalized spacial score (nSPS) is 11.7. The van der Waals surface area contributed by atoms with E-state index in [1.807, 2.05) is 0 Å². The first-order valence-electron chi connectivity index (χ1n) is 4.91. The van der Waals surface area contributed by atoms with Crippen molar-refractivity contribution in [2.24, 2.45) is 0 Å². The summed E-state index contributed by atoms with van der Waals surface area (Å²) in [5.74, 6) is -0.941. The fourth-order valence-corrected chi connectivity index (χ4v) is 1.97. The summed E-state index contributed by atoms with van der Waals surface area (Å²) in [5, 5.41) is 3.51. The van der Waals surface area contributed by atoms with Crippen LogP contribution in [0.25, 0.3) is 11.5 Å². The van der Waals surface area contributed by atoms with Gasteiger partial charge in [-0.3, -0.25) is 0 Å². The van der Waals surface area contributed by atoms with Crippen LogP contribution in [0.5, 0.6) is 0 Å². The largest absolute Gasteiger partial charge is 0.396 e. The molecule has 2 aromatic rings. The molecule has 0 fully saturated rings. The van der Waals surface area contributed by atoms with Gasteiger partial charge in [-0.1, -0.05) is 11.2 Å². The maximum absolute atomic E-state index is 13.2. The van der Waals surface area contributed by atoms with E-state index in [1.165, 1.54) is 18.2 Å². The summed E-state index contributed by atoms with van der Waals surface area (Å²) in [6, 6.07) is 4.16. The molecule has 2 rings (SSSR count). The Hall–Kier alpha value is -1.96. The van der Waals surface area contributed by atoms with E-state index in [4.69, 9.17) is 10.3 Å². The van der Waals surface area contributed by atoms with E-state index in [1.54, 1.807) is 0 Å². The Morgan fingerprint density at radius 1 is 1.44 bits per heavy atom. The minimum atomic E-state index is -3.25. The highest BCUT2D eigenvalue weighted by Crippen LogP contribution is 2.26. The second-order valence-electron chi connectivity index (χ2n) is 3.79. The van der Waals surface area contributed by atoms with Crippen LogP contribution >= 0.6 is 0 Å². The molecule has 1 aromatic heterocycles. The van der Waals surface area contributed by atoms with Gasteiger partial charge in [-0.25, -0.2) is 12.8 Å². The predicted molar refractivity (Wildman–Crippen MR) is 62.7 cm³/mol. The molecular formula is C10H10FN3O3S. The highest BCUT2D eigenvalue weighted by Gasteiger charge is 2.16. The molecule has 2 N–H and O–H groups in total. The van der Waals surface area contributed by atoms with Gasteiger partial charge in [-0.2, -0.15) is 4.98 Å². The Labute approximate surface area is 103 Å². The zero-order chi connectivity index (χ0) is 13.3. The molecule has 0 bridgehead atoms. The molecule has 0 atom stereocenters. The molecule has 96 valence electrons. The SMILES string of the molecule is CS(=O)(=O)Cc1noc(-c2cccc(F)c2N)n1. The number of nitrogens with two attached hydrogens (primary N) is 1. The van der Waals surface area contributed by atoms with Crippen LogP contribution in [-0.2, 0) is 15.6 Å². The molecule has 8 heteroatoms. The fourth-order valence-electron chi connectivity index (χ4n) is 1.38. The van der Waals surface area contributed by atoms with Crippen molar-refractivity contribution in [2.75, 3.05) is 12.0 Å². The van der Waals surface area contributed by atoms with E-state index in [2.05, 4.69) is 10.1 Å². The average molecular weight is 271 g/mol. The highest BCUT2D eigenvalue weighted by molar-refractivity contribution is 7.89. The summed E-state index contributed by atoms with van der Waals surface area (Å²) in [6.45, 7) is 0. The lowest BCUT2D eigenvalue weighted by molar-refractivity contribution is 0.424. The predicted octanol–water partition coefficient (Wildman–Crippen LogP) is 1.00. The number of hydrogen-bond acceptors (Lipinski definition) is 6. The minimum Gasteiger partial charge on any atom is -0.396 e. The van der Waals surface area contributed by atoms with Gasteiger partial charge >= 0.3 is 0 Å². The fraction of sp³-hybridized carbons (Fsp3) is 0.200. The van der Waals surface area contributed by atoms with Crippen LogP contribution in [0.4, 0.5) is 10.1 Å². The third kappa shape index (κ3) is 2.65. The molecule has 18 heavy (non-hydrogen) atoms. The van der Waals surface area contributed by atoms with Crippen LogP contribution in [0, 0.1) is 5.82 Å². The standard InChI is InChI=1S/C10H10FN3O3S/c1-18(15,16)5-8-13-10(17-14-8)6-3-2-4-7(11)9(6)12/h2-4H,5,12H2,1H3. The first-order valence-corrected chi connectivity index (χ1v) is 6.97. The zero-order valence-electron chi connectivity index (χ0n) is 9.42. The van der Waals surface area contributed by atoms with Gasteiger partial charge in [0.15, 0.2) is 15.7 Å². The van der Waals surface area contributed by atoms with Crippen LogP contribution < -0.4 is 5.73 Å². The monoisotopic (exact) mass is 271 g/mol.